The summed E-state index contributed by atoms with van der Waals surface area (Å²) < 4.78 is 0. The van der Waals surface area contributed by atoms with Crippen LogP contribution in [-0.2, 0) is 17.6 Å². The molecule has 0 saturated heterocycles. The number of halogens is 1. The molecule has 1 aliphatic rings. The SMILES string of the molecule is CCCCC(=O)N1CCCc2cc(CC(Br)CC(C)C)ccc21. The second-order valence-electron chi connectivity index (χ2n) is 7.15. The van der Waals surface area contributed by atoms with Crippen LogP contribution in [0.25, 0.3) is 0 Å². The summed E-state index contributed by atoms with van der Waals surface area (Å²) >= 11 is 3.81. The van der Waals surface area contributed by atoms with Crippen LogP contribution in [-0.4, -0.2) is 17.3 Å². The number of rotatable bonds is 7. The maximum atomic E-state index is 12.4. The highest BCUT2D eigenvalue weighted by molar-refractivity contribution is 9.09. The van der Waals surface area contributed by atoms with E-state index < -0.39 is 0 Å². The van der Waals surface area contributed by atoms with Crippen molar-refractivity contribution in [2.45, 2.75) is 70.5 Å². The molecule has 1 unspecified atom stereocenters. The van der Waals surface area contributed by atoms with Gasteiger partial charge in [-0.05, 0) is 55.2 Å². The summed E-state index contributed by atoms with van der Waals surface area (Å²) in [5.74, 6) is 1.00. The Morgan fingerprint density at radius 2 is 2.13 bits per heavy atom. The van der Waals surface area contributed by atoms with E-state index in [9.17, 15) is 4.79 Å². The van der Waals surface area contributed by atoms with E-state index in [-0.39, 0.29) is 0 Å². The van der Waals surface area contributed by atoms with Crippen LogP contribution >= 0.6 is 15.9 Å². The third-order valence-electron chi connectivity index (χ3n) is 4.49. The molecule has 2 rings (SSSR count). The number of unbranched alkanes of at least 4 members (excludes halogenated alkanes) is 1. The van der Waals surface area contributed by atoms with Crippen molar-refractivity contribution < 1.29 is 4.79 Å². The number of hydrogen-bond donors (Lipinski definition) is 0. The highest BCUT2D eigenvalue weighted by Crippen LogP contribution is 2.30. The van der Waals surface area contributed by atoms with E-state index in [1.807, 2.05) is 4.90 Å². The molecule has 0 aromatic heterocycles. The molecule has 1 heterocycles. The zero-order valence-corrected chi connectivity index (χ0v) is 16.4. The third kappa shape index (κ3) is 5.34. The highest BCUT2D eigenvalue weighted by atomic mass is 79.9. The number of anilines is 1. The van der Waals surface area contributed by atoms with E-state index in [4.69, 9.17) is 0 Å². The Hall–Kier alpha value is -0.830. The summed E-state index contributed by atoms with van der Waals surface area (Å²) in [7, 11) is 0. The topological polar surface area (TPSA) is 20.3 Å². The van der Waals surface area contributed by atoms with Crippen molar-refractivity contribution in [2.24, 2.45) is 5.92 Å². The first kappa shape index (κ1) is 18.5. The van der Waals surface area contributed by atoms with Gasteiger partial charge in [0.05, 0.1) is 0 Å². The largest absolute Gasteiger partial charge is 0.312 e. The molecular formula is C20H30BrNO. The Labute approximate surface area is 149 Å². The van der Waals surface area contributed by atoms with Gasteiger partial charge in [0.25, 0.3) is 0 Å². The average Bonchev–Trinajstić information content (AvgIpc) is 2.50. The molecule has 23 heavy (non-hydrogen) atoms. The lowest BCUT2D eigenvalue weighted by atomic mass is 9.95. The fourth-order valence-electron chi connectivity index (χ4n) is 3.35. The lowest BCUT2D eigenvalue weighted by Gasteiger charge is -2.30. The van der Waals surface area contributed by atoms with Crippen LogP contribution in [0, 0.1) is 5.92 Å². The number of fused-ring (bicyclic) bond motifs is 1. The van der Waals surface area contributed by atoms with Crippen molar-refractivity contribution >= 4 is 27.5 Å². The minimum Gasteiger partial charge on any atom is -0.312 e. The standard InChI is InChI=1S/C20H30BrNO/c1-4-5-8-20(23)22-11-6-7-17-13-16(9-10-19(17)22)14-18(21)12-15(2)3/h9-10,13,15,18H,4-8,11-12,14H2,1-3H3. The molecule has 0 radical (unpaired) electrons. The van der Waals surface area contributed by atoms with Crippen molar-refractivity contribution in [1.82, 2.24) is 0 Å². The Bertz CT molecular complexity index is 526. The maximum absolute atomic E-state index is 12.4. The number of hydrogen-bond acceptors (Lipinski definition) is 1. The van der Waals surface area contributed by atoms with Crippen LogP contribution in [0.2, 0.25) is 0 Å². The van der Waals surface area contributed by atoms with Crippen LogP contribution < -0.4 is 4.90 Å². The van der Waals surface area contributed by atoms with Crippen molar-refractivity contribution in [3.8, 4) is 0 Å². The Morgan fingerprint density at radius 3 is 2.83 bits per heavy atom. The summed E-state index contributed by atoms with van der Waals surface area (Å²) in [6, 6.07) is 6.70. The summed E-state index contributed by atoms with van der Waals surface area (Å²) in [5.41, 5.74) is 3.88. The lowest BCUT2D eigenvalue weighted by molar-refractivity contribution is -0.118. The minimum atomic E-state index is 0.290. The number of benzene rings is 1. The average molecular weight is 380 g/mol. The molecule has 128 valence electrons. The first-order valence-corrected chi connectivity index (χ1v) is 9.99. The molecule has 1 atom stereocenters. The molecule has 1 aliphatic heterocycles. The zero-order valence-electron chi connectivity index (χ0n) is 14.8. The van der Waals surface area contributed by atoms with Gasteiger partial charge in [-0.25, -0.2) is 0 Å². The summed E-state index contributed by atoms with van der Waals surface area (Å²) in [5, 5.41) is 0. The van der Waals surface area contributed by atoms with E-state index in [1.54, 1.807) is 0 Å². The molecule has 0 bridgehead atoms. The van der Waals surface area contributed by atoms with Crippen LogP contribution in [0.3, 0.4) is 0 Å². The van der Waals surface area contributed by atoms with Gasteiger partial charge in [0, 0.05) is 23.5 Å². The number of alkyl halides is 1. The molecule has 1 aromatic carbocycles. The molecule has 0 spiro atoms. The van der Waals surface area contributed by atoms with Gasteiger partial charge in [0.15, 0.2) is 0 Å². The van der Waals surface area contributed by atoms with E-state index in [2.05, 4.69) is 54.9 Å². The zero-order chi connectivity index (χ0) is 16.8. The molecule has 0 aliphatic carbocycles. The Balaban J connectivity index is 2.08. The molecule has 0 saturated carbocycles. The highest BCUT2D eigenvalue weighted by Gasteiger charge is 2.22. The van der Waals surface area contributed by atoms with Crippen molar-refractivity contribution in [2.75, 3.05) is 11.4 Å². The lowest BCUT2D eigenvalue weighted by Crippen LogP contribution is -2.35. The van der Waals surface area contributed by atoms with Crippen LogP contribution in [0.4, 0.5) is 5.69 Å². The van der Waals surface area contributed by atoms with E-state index in [1.165, 1.54) is 17.5 Å². The third-order valence-corrected chi connectivity index (χ3v) is 5.19. The van der Waals surface area contributed by atoms with Gasteiger partial charge in [-0.15, -0.1) is 0 Å². The number of amides is 1. The van der Waals surface area contributed by atoms with Gasteiger partial charge in [-0.3, -0.25) is 4.79 Å². The Kier molecular flexibility index (Phi) is 7.13. The number of aryl methyl sites for hydroxylation is 1. The minimum absolute atomic E-state index is 0.290. The monoisotopic (exact) mass is 379 g/mol. The molecule has 0 fully saturated rings. The van der Waals surface area contributed by atoms with Crippen molar-refractivity contribution in [3.05, 3.63) is 29.3 Å². The predicted octanol–water partition coefficient (Wildman–Crippen LogP) is 5.51. The first-order chi connectivity index (χ1) is 11.0. The maximum Gasteiger partial charge on any atom is 0.226 e. The number of nitrogens with zero attached hydrogens (tertiary/aromatic N) is 1. The molecular weight excluding hydrogens is 350 g/mol. The van der Waals surface area contributed by atoms with Crippen LogP contribution in [0.15, 0.2) is 18.2 Å². The van der Waals surface area contributed by atoms with Crippen LogP contribution in [0.5, 0.6) is 0 Å². The second kappa shape index (κ2) is 8.86. The molecule has 2 nitrogen and oxygen atoms in total. The van der Waals surface area contributed by atoms with Gasteiger partial charge >= 0.3 is 0 Å². The molecule has 1 amide bonds. The number of carbonyl (C=O) groups is 1. The summed E-state index contributed by atoms with van der Waals surface area (Å²) in [6.45, 7) is 7.54. The fourth-order valence-corrected chi connectivity index (χ4v) is 4.47. The van der Waals surface area contributed by atoms with Gasteiger partial charge in [-0.2, -0.15) is 0 Å². The predicted molar refractivity (Wildman–Crippen MR) is 103 cm³/mol. The van der Waals surface area contributed by atoms with Gasteiger partial charge in [-0.1, -0.05) is 55.3 Å². The van der Waals surface area contributed by atoms with E-state index in [0.717, 1.165) is 44.3 Å². The molecule has 3 heteroatoms. The summed E-state index contributed by atoms with van der Waals surface area (Å²) in [4.78, 5) is 15.0. The normalized spacial score (nSPS) is 15.6. The van der Waals surface area contributed by atoms with Crippen molar-refractivity contribution in [3.63, 3.8) is 0 Å². The fraction of sp³-hybridized carbons (Fsp3) is 0.650. The second-order valence-corrected chi connectivity index (χ2v) is 8.44. The van der Waals surface area contributed by atoms with Gasteiger partial charge in [0.1, 0.15) is 0 Å². The molecule has 0 N–H and O–H groups in total. The van der Waals surface area contributed by atoms with Gasteiger partial charge in [0.2, 0.25) is 5.91 Å². The molecule has 1 aromatic rings. The van der Waals surface area contributed by atoms with E-state index in [0.29, 0.717) is 23.1 Å². The quantitative estimate of drug-likeness (QED) is 0.572. The van der Waals surface area contributed by atoms with Crippen LogP contribution in [0.1, 0.15) is 64.0 Å². The van der Waals surface area contributed by atoms with E-state index >= 15 is 0 Å². The Morgan fingerprint density at radius 1 is 1.35 bits per heavy atom. The summed E-state index contributed by atoms with van der Waals surface area (Å²) in [6.07, 6.45) is 7.18. The van der Waals surface area contributed by atoms with Crippen molar-refractivity contribution in [1.29, 1.82) is 0 Å². The smallest absolute Gasteiger partial charge is 0.226 e. The van der Waals surface area contributed by atoms with Gasteiger partial charge < -0.3 is 4.90 Å². The first-order valence-electron chi connectivity index (χ1n) is 9.07. The number of carbonyl (C=O) groups excluding carboxylic acids is 1.